The van der Waals surface area contributed by atoms with Crippen LogP contribution in [0.5, 0.6) is 0 Å². The lowest BCUT2D eigenvalue weighted by atomic mass is 9.93. The molecular formula is C15H18N2OS. The normalized spacial score (nSPS) is 37.3. The van der Waals surface area contributed by atoms with E-state index >= 15 is 0 Å². The summed E-state index contributed by atoms with van der Waals surface area (Å²) in [4.78, 5) is 18.7. The molecule has 0 aromatic carbocycles. The molecule has 4 rings (SSSR count). The monoisotopic (exact) mass is 274 g/mol. The Labute approximate surface area is 117 Å². The van der Waals surface area contributed by atoms with Crippen LogP contribution in [0.25, 0.3) is 0 Å². The molecule has 2 saturated carbocycles. The van der Waals surface area contributed by atoms with E-state index in [9.17, 15) is 4.79 Å². The van der Waals surface area contributed by atoms with Crippen molar-refractivity contribution in [3.05, 3.63) is 30.1 Å². The Morgan fingerprint density at radius 1 is 1.32 bits per heavy atom. The number of nitrogens with zero attached hydrogens (tertiary/aromatic N) is 2. The molecule has 2 heterocycles. The van der Waals surface area contributed by atoms with E-state index in [0.717, 1.165) is 11.8 Å². The SMILES string of the molecule is O=C1CSC(c2cccnc2)N1C1CC2CCC1C2. The van der Waals surface area contributed by atoms with E-state index in [0.29, 0.717) is 17.7 Å². The average Bonchev–Trinajstić information content (AvgIpc) is 3.14. The maximum atomic E-state index is 12.3. The van der Waals surface area contributed by atoms with Crippen LogP contribution in [-0.2, 0) is 4.79 Å². The van der Waals surface area contributed by atoms with Crippen molar-refractivity contribution in [2.45, 2.75) is 37.1 Å². The van der Waals surface area contributed by atoms with E-state index in [1.54, 1.807) is 18.0 Å². The number of aromatic nitrogens is 1. The predicted molar refractivity (Wildman–Crippen MR) is 75.5 cm³/mol. The van der Waals surface area contributed by atoms with Crippen molar-refractivity contribution in [1.82, 2.24) is 9.88 Å². The van der Waals surface area contributed by atoms with Gasteiger partial charge in [0.1, 0.15) is 5.37 Å². The first-order valence-electron chi connectivity index (χ1n) is 7.15. The van der Waals surface area contributed by atoms with Crippen molar-refractivity contribution in [1.29, 1.82) is 0 Å². The van der Waals surface area contributed by atoms with Gasteiger partial charge in [-0.3, -0.25) is 9.78 Å². The van der Waals surface area contributed by atoms with Gasteiger partial charge in [-0.2, -0.15) is 0 Å². The van der Waals surface area contributed by atoms with Gasteiger partial charge in [-0.15, -0.1) is 11.8 Å². The first-order chi connectivity index (χ1) is 9.33. The average molecular weight is 274 g/mol. The Morgan fingerprint density at radius 2 is 2.26 bits per heavy atom. The van der Waals surface area contributed by atoms with Gasteiger partial charge in [0.2, 0.25) is 5.91 Å². The Bertz CT molecular complexity index is 492. The Balaban J connectivity index is 1.63. The molecule has 3 aliphatic rings. The second kappa shape index (κ2) is 4.51. The van der Waals surface area contributed by atoms with E-state index in [1.807, 2.05) is 12.3 Å². The van der Waals surface area contributed by atoms with Crippen LogP contribution in [0.1, 0.15) is 36.6 Å². The highest BCUT2D eigenvalue weighted by Gasteiger charge is 2.48. The van der Waals surface area contributed by atoms with Crippen LogP contribution in [0, 0.1) is 11.8 Å². The summed E-state index contributed by atoms with van der Waals surface area (Å²) < 4.78 is 0. The highest BCUT2D eigenvalue weighted by molar-refractivity contribution is 8.00. The summed E-state index contributed by atoms with van der Waals surface area (Å²) in [6, 6.07) is 4.56. The van der Waals surface area contributed by atoms with Crippen molar-refractivity contribution in [3.8, 4) is 0 Å². The first kappa shape index (κ1) is 11.8. The maximum Gasteiger partial charge on any atom is 0.234 e. The van der Waals surface area contributed by atoms with E-state index < -0.39 is 0 Å². The van der Waals surface area contributed by atoms with Gasteiger partial charge in [-0.25, -0.2) is 0 Å². The predicted octanol–water partition coefficient (Wildman–Crippen LogP) is 2.84. The Kier molecular flexibility index (Phi) is 2.79. The summed E-state index contributed by atoms with van der Waals surface area (Å²) in [7, 11) is 0. The summed E-state index contributed by atoms with van der Waals surface area (Å²) in [5.74, 6) is 2.60. The summed E-state index contributed by atoms with van der Waals surface area (Å²) in [6.45, 7) is 0. The third-order valence-electron chi connectivity index (χ3n) is 4.93. The Hall–Kier alpha value is -1.03. The lowest BCUT2D eigenvalue weighted by Gasteiger charge is -2.35. The molecule has 4 unspecified atom stereocenters. The molecule has 2 aliphatic carbocycles. The fourth-order valence-corrected chi connectivity index (χ4v) is 5.34. The van der Waals surface area contributed by atoms with Gasteiger partial charge in [0, 0.05) is 24.0 Å². The van der Waals surface area contributed by atoms with Crippen molar-refractivity contribution >= 4 is 17.7 Å². The molecule has 3 fully saturated rings. The molecule has 1 saturated heterocycles. The van der Waals surface area contributed by atoms with E-state index in [-0.39, 0.29) is 5.37 Å². The number of amides is 1. The maximum absolute atomic E-state index is 12.3. The highest BCUT2D eigenvalue weighted by atomic mass is 32.2. The molecule has 1 amide bonds. The standard InChI is InChI=1S/C15H18N2OS/c18-14-9-19-15(12-2-1-5-16-8-12)17(14)13-7-10-3-4-11(13)6-10/h1-2,5,8,10-11,13,15H,3-4,6-7,9H2. The number of carbonyl (C=O) groups excluding carboxylic acids is 1. The zero-order chi connectivity index (χ0) is 12.8. The molecular weight excluding hydrogens is 256 g/mol. The number of pyridine rings is 1. The van der Waals surface area contributed by atoms with Gasteiger partial charge in [0.05, 0.1) is 5.75 Å². The summed E-state index contributed by atoms with van der Waals surface area (Å²) in [5.41, 5.74) is 1.18. The molecule has 1 aliphatic heterocycles. The number of rotatable bonds is 2. The Morgan fingerprint density at radius 3 is 2.95 bits per heavy atom. The van der Waals surface area contributed by atoms with Crippen LogP contribution >= 0.6 is 11.8 Å². The summed E-state index contributed by atoms with van der Waals surface area (Å²) in [6.07, 6.45) is 8.99. The van der Waals surface area contributed by atoms with Gasteiger partial charge in [0.25, 0.3) is 0 Å². The smallest absolute Gasteiger partial charge is 0.234 e. The third-order valence-corrected chi connectivity index (χ3v) is 6.16. The van der Waals surface area contributed by atoms with Crippen molar-refractivity contribution in [3.63, 3.8) is 0 Å². The molecule has 0 N–H and O–H groups in total. The van der Waals surface area contributed by atoms with Gasteiger partial charge in [-0.05, 0) is 37.2 Å². The number of fused-ring (bicyclic) bond motifs is 2. The molecule has 1 aromatic heterocycles. The minimum absolute atomic E-state index is 0.200. The number of thioether (sulfide) groups is 1. The fraction of sp³-hybridized carbons (Fsp3) is 0.600. The number of carbonyl (C=O) groups is 1. The van der Waals surface area contributed by atoms with Crippen molar-refractivity contribution in [2.24, 2.45) is 11.8 Å². The number of hydrogen-bond acceptors (Lipinski definition) is 3. The molecule has 4 atom stereocenters. The lowest BCUT2D eigenvalue weighted by molar-refractivity contribution is -0.131. The first-order valence-corrected chi connectivity index (χ1v) is 8.20. The molecule has 0 radical (unpaired) electrons. The van der Waals surface area contributed by atoms with Crippen LogP contribution in [0.3, 0.4) is 0 Å². The highest BCUT2D eigenvalue weighted by Crippen LogP contribution is 2.51. The van der Waals surface area contributed by atoms with Gasteiger partial charge in [0.15, 0.2) is 0 Å². The second-order valence-electron chi connectivity index (χ2n) is 5.99. The van der Waals surface area contributed by atoms with Crippen LogP contribution < -0.4 is 0 Å². The van der Waals surface area contributed by atoms with Crippen LogP contribution in [-0.4, -0.2) is 27.6 Å². The van der Waals surface area contributed by atoms with Gasteiger partial charge >= 0.3 is 0 Å². The largest absolute Gasteiger partial charge is 0.323 e. The molecule has 19 heavy (non-hydrogen) atoms. The van der Waals surface area contributed by atoms with Crippen LogP contribution in [0.2, 0.25) is 0 Å². The topological polar surface area (TPSA) is 33.2 Å². The van der Waals surface area contributed by atoms with Crippen molar-refractivity contribution < 1.29 is 4.79 Å². The van der Waals surface area contributed by atoms with Gasteiger partial charge < -0.3 is 4.90 Å². The number of hydrogen-bond donors (Lipinski definition) is 0. The third kappa shape index (κ3) is 1.88. The molecule has 4 heteroatoms. The summed E-state index contributed by atoms with van der Waals surface area (Å²) in [5, 5.41) is 0.200. The van der Waals surface area contributed by atoms with E-state index in [1.165, 1.54) is 31.2 Å². The van der Waals surface area contributed by atoms with Crippen LogP contribution in [0.4, 0.5) is 0 Å². The zero-order valence-electron chi connectivity index (χ0n) is 10.9. The molecule has 0 spiro atoms. The molecule has 2 bridgehead atoms. The van der Waals surface area contributed by atoms with E-state index in [2.05, 4.69) is 16.0 Å². The van der Waals surface area contributed by atoms with Crippen LogP contribution in [0.15, 0.2) is 24.5 Å². The second-order valence-corrected chi connectivity index (χ2v) is 7.06. The summed E-state index contributed by atoms with van der Waals surface area (Å²) >= 11 is 1.76. The lowest BCUT2D eigenvalue weighted by Crippen LogP contribution is -2.41. The minimum Gasteiger partial charge on any atom is -0.323 e. The fourth-order valence-electron chi connectivity index (χ4n) is 4.13. The minimum atomic E-state index is 0.200. The quantitative estimate of drug-likeness (QED) is 0.831. The zero-order valence-corrected chi connectivity index (χ0v) is 11.7. The van der Waals surface area contributed by atoms with E-state index in [4.69, 9.17) is 0 Å². The molecule has 100 valence electrons. The van der Waals surface area contributed by atoms with Gasteiger partial charge in [-0.1, -0.05) is 12.5 Å². The molecule has 1 aromatic rings. The van der Waals surface area contributed by atoms with Crippen molar-refractivity contribution in [2.75, 3.05) is 5.75 Å². The molecule has 3 nitrogen and oxygen atoms in total.